The Balaban J connectivity index is 2.15. The lowest BCUT2D eigenvalue weighted by atomic mass is 10.2. The zero-order chi connectivity index (χ0) is 14.3. The highest BCUT2D eigenvalue weighted by atomic mass is 35.5. The molecule has 1 aromatic rings. The lowest BCUT2D eigenvalue weighted by Gasteiger charge is -2.20. The van der Waals surface area contributed by atoms with Crippen LogP contribution in [0.3, 0.4) is 0 Å². The van der Waals surface area contributed by atoms with E-state index in [0.717, 1.165) is 0 Å². The average molecular weight is 294 g/mol. The summed E-state index contributed by atoms with van der Waals surface area (Å²) in [5.74, 6) is -0.470. The Labute approximate surface area is 112 Å². The summed E-state index contributed by atoms with van der Waals surface area (Å²) in [5.41, 5.74) is -2.09. The minimum Gasteiger partial charge on any atom is -0.372 e. The molecule has 8 heteroatoms. The Morgan fingerprint density at radius 1 is 1.47 bits per heavy atom. The molecule has 0 aliphatic heterocycles. The minimum absolute atomic E-state index is 0.000440. The quantitative estimate of drug-likeness (QED) is 0.901. The molecule has 0 spiro atoms. The van der Waals surface area contributed by atoms with E-state index >= 15 is 0 Å². The Bertz CT molecular complexity index is 514. The molecule has 0 bridgehead atoms. The number of alkyl halides is 3. The fourth-order valence-electron chi connectivity index (χ4n) is 1.64. The van der Waals surface area contributed by atoms with Gasteiger partial charge >= 0.3 is 6.18 Å². The van der Waals surface area contributed by atoms with Crippen LogP contribution in [0.25, 0.3) is 0 Å². The van der Waals surface area contributed by atoms with Crippen molar-refractivity contribution in [2.75, 3.05) is 12.4 Å². The molecule has 0 radical (unpaired) electrons. The van der Waals surface area contributed by atoms with Crippen molar-refractivity contribution in [3.63, 3.8) is 0 Å². The Morgan fingerprint density at radius 2 is 2.11 bits per heavy atom. The van der Waals surface area contributed by atoms with E-state index in [-0.39, 0.29) is 23.4 Å². The van der Waals surface area contributed by atoms with Gasteiger partial charge in [-0.15, -0.1) is 0 Å². The van der Waals surface area contributed by atoms with Gasteiger partial charge in [0.25, 0.3) is 5.91 Å². The first-order chi connectivity index (χ1) is 8.79. The molecular formula is C11H11ClF3N3O. The van der Waals surface area contributed by atoms with Gasteiger partial charge in [0.15, 0.2) is 0 Å². The second-order valence-electron chi connectivity index (χ2n) is 4.34. The molecule has 1 fully saturated rings. The van der Waals surface area contributed by atoms with Gasteiger partial charge in [0.1, 0.15) is 11.4 Å². The van der Waals surface area contributed by atoms with E-state index in [0.29, 0.717) is 5.82 Å². The number of hydrogen-bond acceptors (Lipinski definition) is 3. The normalized spacial score (nSPS) is 16.9. The zero-order valence-electron chi connectivity index (χ0n) is 9.94. The van der Waals surface area contributed by atoms with Gasteiger partial charge in [0, 0.05) is 13.2 Å². The predicted molar refractivity (Wildman–Crippen MR) is 64.3 cm³/mol. The number of anilines is 1. The third-order valence-corrected chi connectivity index (χ3v) is 3.27. The standard InChI is InChI=1S/C11H11ClF3N3O/c1-16-8-7(12)4-6(5-17-8)9(19)18-10(2-3-10)11(13,14)15/h4-5H,2-3H2,1H3,(H,16,17)(H,18,19). The number of rotatable bonds is 3. The van der Waals surface area contributed by atoms with E-state index in [1.807, 2.05) is 5.32 Å². The van der Waals surface area contributed by atoms with Gasteiger partial charge in [-0.25, -0.2) is 4.98 Å². The summed E-state index contributed by atoms with van der Waals surface area (Å²) in [6.07, 6.45) is -3.46. The molecule has 2 N–H and O–H groups in total. The highest BCUT2D eigenvalue weighted by Crippen LogP contribution is 2.49. The second-order valence-corrected chi connectivity index (χ2v) is 4.75. The molecule has 4 nitrogen and oxygen atoms in total. The largest absolute Gasteiger partial charge is 0.411 e. The Hall–Kier alpha value is -1.50. The Morgan fingerprint density at radius 3 is 2.53 bits per heavy atom. The number of pyridine rings is 1. The van der Waals surface area contributed by atoms with Crippen LogP contribution in [-0.2, 0) is 0 Å². The lowest BCUT2D eigenvalue weighted by molar-refractivity contribution is -0.163. The van der Waals surface area contributed by atoms with Crippen molar-refractivity contribution in [2.45, 2.75) is 24.6 Å². The lowest BCUT2D eigenvalue weighted by Crippen LogP contribution is -2.47. The van der Waals surface area contributed by atoms with Gasteiger partial charge in [-0.1, -0.05) is 11.6 Å². The molecule has 0 atom stereocenters. The van der Waals surface area contributed by atoms with Crippen LogP contribution in [0.15, 0.2) is 12.3 Å². The third-order valence-electron chi connectivity index (χ3n) is 2.99. The fourth-order valence-corrected chi connectivity index (χ4v) is 1.90. The SMILES string of the molecule is CNc1ncc(C(=O)NC2(C(F)(F)F)CC2)cc1Cl. The molecule has 1 saturated carbocycles. The number of hydrogen-bond donors (Lipinski definition) is 2. The van der Waals surface area contributed by atoms with Gasteiger partial charge in [-0.05, 0) is 18.9 Å². The van der Waals surface area contributed by atoms with E-state index in [1.54, 1.807) is 7.05 Å². The number of halogens is 4. The van der Waals surface area contributed by atoms with Crippen LogP contribution in [0.1, 0.15) is 23.2 Å². The zero-order valence-corrected chi connectivity index (χ0v) is 10.7. The maximum atomic E-state index is 12.7. The van der Waals surface area contributed by atoms with Crippen molar-refractivity contribution in [3.8, 4) is 0 Å². The van der Waals surface area contributed by atoms with E-state index in [1.165, 1.54) is 12.3 Å². The minimum atomic E-state index is -4.44. The van der Waals surface area contributed by atoms with E-state index < -0.39 is 17.6 Å². The van der Waals surface area contributed by atoms with Gasteiger partial charge in [-0.2, -0.15) is 13.2 Å². The summed E-state index contributed by atoms with van der Waals surface area (Å²) in [5, 5.41) is 4.87. The molecule has 1 aromatic heterocycles. The second kappa shape index (κ2) is 4.56. The first-order valence-electron chi connectivity index (χ1n) is 5.51. The maximum Gasteiger partial charge on any atom is 0.411 e. The molecule has 19 heavy (non-hydrogen) atoms. The van der Waals surface area contributed by atoms with Crippen molar-refractivity contribution in [2.24, 2.45) is 0 Å². The fraction of sp³-hybridized carbons (Fsp3) is 0.455. The van der Waals surface area contributed by atoms with Crippen LogP contribution in [0.5, 0.6) is 0 Å². The molecule has 0 aromatic carbocycles. The van der Waals surface area contributed by atoms with Crippen molar-refractivity contribution >= 4 is 23.3 Å². The molecule has 1 heterocycles. The van der Waals surface area contributed by atoms with Gasteiger partial charge in [-0.3, -0.25) is 4.79 Å². The average Bonchev–Trinajstić information content (AvgIpc) is 3.09. The van der Waals surface area contributed by atoms with Crippen LogP contribution in [0, 0.1) is 0 Å². The van der Waals surface area contributed by atoms with Crippen LogP contribution in [0.2, 0.25) is 5.02 Å². The smallest absolute Gasteiger partial charge is 0.372 e. The third kappa shape index (κ3) is 2.60. The van der Waals surface area contributed by atoms with Crippen molar-refractivity contribution in [3.05, 3.63) is 22.8 Å². The summed E-state index contributed by atoms with van der Waals surface area (Å²) >= 11 is 5.82. The van der Waals surface area contributed by atoms with Crippen molar-refractivity contribution in [1.29, 1.82) is 0 Å². The van der Waals surface area contributed by atoms with Crippen molar-refractivity contribution < 1.29 is 18.0 Å². The number of nitrogens with zero attached hydrogens (tertiary/aromatic N) is 1. The van der Waals surface area contributed by atoms with Crippen molar-refractivity contribution in [1.82, 2.24) is 10.3 Å². The van der Waals surface area contributed by atoms with Gasteiger partial charge in [0.05, 0.1) is 10.6 Å². The number of aromatic nitrogens is 1. The highest BCUT2D eigenvalue weighted by molar-refractivity contribution is 6.33. The van der Waals surface area contributed by atoms with E-state index in [4.69, 9.17) is 11.6 Å². The van der Waals surface area contributed by atoms with E-state index in [9.17, 15) is 18.0 Å². The summed E-state index contributed by atoms with van der Waals surface area (Å²) < 4.78 is 38.1. The van der Waals surface area contributed by atoms with Crippen LogP contribution in [0.4, 0.5) is 19.0 Å². The molecule has 0 unspecified atom stereocenters. The molecule has 2 rings (SSSR count). The van der Waals surface area contributed by atoms with Crippen LogP contribution in [-0.4, -0.2) is 29.7 Å². The Kier molecular flexibility index (Phi) is 3.34. The number of carbonyl (C=O) groups excluding carboxylic acids is 1. The predicted octanol–water partition coefficient (Wildman–Crippen LogP) is 2.60. The van der Waals surface area contributed by atoms with Gasteiger partial charge < -0.3 is 10.6 Å². The first-order valence-corrected chi connectivity index (χ1v) is 5.89. The highest BCUT2D eigenvalue weighted by Gasteiger charge is 2.64. The monoisotopic (exact) mass is 293 g/mol. The van der Waals surface area contributed by atoms with Crippen LogP contribution >= 0.6 is 11.6 Å². The van der Waals surface area contributed by atoms with Crippen LogP contribution < -0.4 is 10.6 Å². The number of carbonyl (C=O) groups is 1. The van der Waals surface area contributed by atoms with Gasteiger partial charge in [0.2, 0.25) is 0 Å². The molecule has 1 aliphatic rings. The molecule has 1 amide bonds. The van der Waals surface area contributed by atoms with E-state index in [2.05, 4.69) is 10.3 Å². The first kappa shape index (κ1) is 13.9. The summed E-state index contributed by atoms with van der Waals surface area (Å²) in [6.45, 7) is 0. The molecular weight excluding hydrogens is 283 g/mol. The number of amides is 1. The molecule has 104 valence electrons. The summed E-state index contributed by atoms with van der Waals surface area (Å²) in [4.78, 5) is 15.6. The topological polar surface area (TPSA) is 54.0 Å². The maximum absolute atomic E-state index is 12.7. The molecule has 0 saturated heterocycles. The molecule has 1 aliphatic carbocycles. The number of nitrogens with one attached hydrogen (secondary N) is 2. The summed E-state index contributed by atoms with van der Waals surface area (Å²) in [6, 6.07) is 1.28. The summed E-state index contributed by atoms with van der Waals surface area (Å²) in [7, 11) is 1.59.